The van der Waals surface area contributed by atoms with Crippen molar-refractivity contribution in [3.63, 3.8) is 0 Å². The number of anilines is 1. The summed E-state index contributed by atoms with van der Waals surface area (Å²) in [4.78, 5) is 25.0. The summed E-state index contributed by atoms with van der Waals surface area (Å²) in [6.45, 7) is 2.50. The van der Waals surface area contributed by atoms with Crippen LogP contribution in [0.5, 0.6) is 0 Å². The summed E-state index contributed by atoms with van der Waals surface area (Å²) in [5.41, 5.74) is 1.02. The van der Waals surface area contributed by atoms with E-state index in [0.717, 1.165) is 4.90 Å². The summed E-state index contributed by atoms with van der Waals surface area (Å²) < 4.78 is 37.3. The number of thioether (sulfide) groups is 1. The molecular weight excluding hydrogens is 476 g/mol. The average Bonchev–Trinajstić information content (AvgIpc) is 2.79. The Kier molecular flexibility index (Phi) is 8.55. The number of carbonyl (C=O) groups excluding carboxylic acids is 2. The van der Waals surface area contributed by atoms with Crippen LogP contribution in [-0.4, -0.2) is 63.3 Å². The standard InChI is InChI=1S/C21H23ClN2O6S2/c1-15-6-7-16(32(27,28)24-8-10-29-11-9-24)12-18(15)23-20(25)13-30-21(26)14-31-19-5-3-2-4-17(19)22/h2-7,12H,8-11,13-14H2,1H3,(H,23,25). The summed E-state index contributed by atoms with van der Waals surface area (Å²) in [7, 11) is -3.70. The van der Waals surface area contributed by atoms with Crippen molar-refractivity contribution in [2.75, 3.05) is 44.0 Å². The van der Waals surface area contributed by atoms with Crippen LogP contribution in [0.1, 0.15) is 5.56 Å². The van der Waals surface area contributed by atoms with E-state index >= 15 is 0 Å². The largest absolute Gasteiger partial charge is 0.455 e. The first kappa shape index (κ1) is 24.5. The molecule has 1 heterocycles. The fourth-order valence-corrected chi connectivity index (χ4v) is 5.38. The molecule has 2 aromatic rings. The van der Waals surface area contributed by atoms with Crippen LogP contribution in [0.25, 0.3) is 0 Å². The van der Waals surface area contributed by atoms with E-state index in [-0.39, 0.29) is 23.7 Å². The molecule has 0 saturated carbocycles. The highest BCUT2D eigenvalue weighted by atomic mass is 35.5. The molecule has 1 amide bonds. The van der Waals surface area contributed by atoms with E-state index in [1.54, 1.807) is 31.2 Å². The number of nitrogens with one attached hydrogen (secondary N) is 1. The topological polar surface area (TPSA) is 102 Å². The quantitative estimate of drug-likeness (QED) is 0.441. The minimum atomic E-state index is -3.70. The van der Waals surface area contributed by atoms with E-state index in [2.05, 4.69) is 5.32 Å². The van der Waals surface area contributed by atoms with Crippen LogP contribution in [0.15, 0.2) is 52.3 Å². The van der Waals surface area contributed by atoms with Gasteiger partial charge in [-0.05, 0) is 36.8 Å². The molecule has 1 saturated heterocycles. The van der Waals surface area contributed by atoms with Gasteiger partial charge in [0.25, 0.3) is 5.91 Å². The third-order valence-electron chi connectivity index (χ3n) is 4.64. The molecule has 0 atom stereocenters. The predicted octanol–water partition coefficient (Wildman–Crippen LogP) is 2.94. The van der Waals surface area contributed by atoms with E-state index in [9.17, 15) is 18.0 Å². The van der Waals surface area contributed by atoms with Crippen LogP contribution in [-0.2, 0) is 29.1 Å². The third-order valence-corrected chi connectivity index (χ3v) is 8.02. The summed E-state index contributed by atoms with van der Waals surface area (Å²) in [5, 5.41) is 3.14. The first-order valence-corrected chi connectivity index (χ1v) is 12.6. The Bertz CT molecular complexity index is 1090. The van der Waals surface area contributed by atoms with Gasteiger partial charge in [0.15, 0.2) is 6.61 Å². The Morgan fingerprint density at radius 1 is 1.19 bits per heavy atom. The maximum absolute atomic E-state index is 12.8. The van der Waals surface area contributed by atoms with E-state index in [1.165, 1.54) is 28.2 Å². The van der Waals surface area contributed by atoms with Crippen LogP contribution in [0.4, 0.5) is 5.69 Å². The van der Waals surface area contributed by atoms with Gasteiger partial charge in [-0.15, -0.1) is 11.8 Å². The molecule has 0 spiro atoms. The molecule has 172 valence electrons. The van der Waals surface area contributed by atoms with Crippen LogP contribution in [0, 0.1) is 6.92 Å². The van der Waals surface area contributed by atoms with Gasteiger partial charge in [-0.3, -0.25) is 9.59 Å². The minimum Gasteiger partial charge on any atom is -0.455 e. The number of sulfonamides is 1. The summed E-state index contributed by atoms with van der Waals surface area (Å²) >= 11 is 7.26. The molecule has 0 unspecified atom stereocenters. The summed E-state index contributed by atoms with van der Waals surface area (Å²) in [6.07, 6.45) is 0. The van der Waals surface area contributed by atoms with Gasteiger partial charge in [0, 0.05) is 23.7 Å². The van der Waals surface area contributed by atoms with Crippen molar-refractivity contribution < 1.29 is 27.5 Å². The Labute approximate surface area is 196 Å². The molecule has 3 rings (SSSR count). The molecule has 0 radical (unpaired) electrons. The zero-order chi connectivity index (χ0) is 23.1. The molecule has 1 N–H and O–H groups in total. The molecule has 32 heavy (non-hydrogen) atoms. The number of amides is 1. The maximum atomic E-state index is 12.8. The van der Waals surface area contributed by atoms with E-state index in [0.29, 0.717) is 29.5 Å². The molecule has 1 fully saturated rings. The second-order valence-electron chi connectivity index (χ2n) is 6.92. The minimum absolute atomic E-state index is 0.00329. The van der Waals surface area contributed by atoms with Gasteiger partial charge >= 0.3 is 5.97 Å². The molecule has 2 aromatic carbocycles. The molecule has 0 aromatic heterocycles. The van der Waals surface area contributed by atoms with Crippen molar-refractivity contribution in [3.05, 3.63) is 53.1 Å². The van der Waals surface area contributed by atoms with Crippen molar-refractivity contribution in [1.29, 1.82) is 0 Å². The van der Waals surface area contributed by atoms with Crippen LogP contribution in [0.2, 0.25) is 5.02 Å². The maximum Gasteiger partial charge on any atom is 0.316 e. The molecule has 0 bridgehead atoms. The van der Waals surface area contributed by atoms with Gasteiger partial charge in [0.2, 0.25) is 10.0 Å². The van der Waals surface area contributed by atoms with Gasteiger partial charge < -0.3 is 14.8 Å². The predicted molar refractivity (Wildman–Crippen MR) is 123 cm³/mol. The lowest BCUT2D eigenvalue weighted by Crippen LogP contribution is -2.40. The third kappa shape index (κ3) is 6.46. The van der Waals surface area contributed by atoms with Crippen LogP contribution >= 0.6 is 23.4 Å². The number of halogens is 1. The zero-order valence-electron chi connectivity index (χ0n) is 17.4. The van der Waals surface area contributed by atoms with Crippen LogP contribution in [0.3, 0.4) is 0 Å². The molecular formula is C21H23ClN2O6S2. The monoisotopic (exact) mass is 498 g/mol. The van der Waals surface area contributed by atoms with E-state index in [4.69, 9.17) is 21.1 Å². The summed E-state index contributed by atoms with van der Waals surface area (Å²) in [6, 6.07) is 11.6. The molecule has 1 aliphatic rings. The molecule has 1 aliphatic heterocycles. The number of esters is 1. The van der Waals surface area contributed by atoms with Gasteiger partial charge in [0.05, 0.1) is 28.9 Å². The highest BCUT2D eigenvalue weighted by Crippen LogP contribution is 2.26. The second kappa shape index (κ2) is 11.2. The fourth-order valence-electron chi connectivity index (χ4n) is 2.90. The number of aryl methyl sites for hydroxylation is 1. The van der Waals surface area contributed by atoms with Crippen molar-refractivity contribution >= 4 is 50.9 Å². The van der Waals surface area contributed by atoms with E-state index in [1.807, 2.05) is 6.07 Å². The number of hydrogen-bond acceptors (Lipinski definition) is 7. The number of carbonyl (C=O) groups is 2. The first-order valence-electron chi connectivity index (χ1n) is 9.79. The Balaban J connectivity index is 1.56. The zero-order valence-corrected chi connectivity index (χ0v) is 19.8. The SMILES string of the molecule is Cc1ccc(S(=O)(=O)N2CCOCC2)cc1NC(=O)COC(=O)CSc1ccccc1Cl. The Morgan fingerprint density at radius 2 is 1.91 bits per heavy atom. The van der Waals surface area contributed by atoms with Gasteiger partial charge in [0.1, 0.15) is 0 Å². The van der Waals surface area contributed by atoms with Crippen molar-refractivity contribution in [1.82, 2.24) is 4.31 Å². The van der Waals surface area contributed by atoms with Gasteiger partial charge in [-0.2, -0.15) is 4.31 Å². The van der Waals surface area contributed by atoms with Crippen molar-refractivity contribution in [2.24, 2.45) is 0 Å². The lowest BCUT2D eigenvalue weighted by atomic mass is 10.2. The van der Waals surface area contributed by atoms with Crippen molar-refractivity contribution in [3.8, 4) is 0 Å². The Hall–Kier alpha value is -2.11. The van der Waals surface area contributed by atoms with Gasteiger partial charge in [-0.25, -0.2) is 8.42 Å². The van der Waals surface area contributed by atoms with Gasteiger partial charge in [-0.1, -0.05) is 29.8 Å². The smallest absolute Gasteiger partial charge is 0.316 e. The van der Waals surface area contributed by atoms with E-state index < -0.39 is 28.5 Å². The number of morpholine rings is 1. The Morgan fingerprint density at radius 3 is 2.62 bits per heavy atom. The first-order chi connectivity index (χ1) is 15.3. The van der Waals surface area contributed by atoms with Crippen molar-refractivity contribution in [2.45, 2.75) is 16.7 Å². The highest BCUT2D eigenvalue weighted by molar-refractivity contribution is 8.00. The highest BCUT2D eigenvalue weighted by Gasteiger charge is 2.27. The summed E-state index contributed by atoms with van der Waals surface area (Å²) in [5.74, 6) is -1.13. The lowest BCUT2D eigenvalue weighted by molar-refractivity contribution is -0.144. The molecule has 11 heteroatoms. The number of ether oxygens (including phenoxy) is 2. The molecule has 0 aliphatic carbocycles. The number of hydrogen-bond donors (Lipinski definition) is 1. The lowest BCUT2D eigenvalue weighted by Gasteiger charge is -2.26. The second-order valence-corrected chi connectivity index (χ2v) is 10.3. The normalized spacial score (nSPS) is 14.7. The average molecular weight is 499 g/mol. The fraction of sp³-hybridized carbons (Fsp3) is 0.333. The number of rotatable bonds is 8. The number of benzene rings is 2. The number of nitrogens with zero attached hydrogens (tertiary/aromatic N) is 1. The molecule has 8 nitrogen and oxygen atoms in total. The van der Waals surface area contributed by atoms with Crippen LogP contribution < -0.4 is 5.32 Å².